The summed E-state index contributed by atoms with van der Waals surface area (Å²) in [7, 11) is 1.46. The molecular formula is C19H22N2O4. The minimum atomic E-state index is -0.502. The number of nitrogens with zero attached hydrogens (tertiary/aromatic N) is 1. The highest BCUT2D eigenvalue weighted by Crippen LogP contribution is 2.32. The Morgan fingerprint density at radius 1 is 1.24 bits per heavy atom. The first-order valence-corrected chi connectivity index (χ1v) is 8.16. The van der Waals surface area contributed by atoms with Gasteiger partial charge in [-0.25, -0.2) is 0 Å². The maximum absolute atomic E-state index is 12.9. The van der Waals surface area contributed by atoms with Gasteiger partial charge in [-0.3, -0.25) is 14.9 Å². The zero-order valence-corrected chi connectivity index (χ0v) is 14.6. The highest BCUT2D eigenvalue weighted by molar-refractivity contribution is 5.97. The molecule has 6 nitrogen and oxygen atoms in total. The number of hydrogen-bond donors (Lipinski definition) is 1. The molecule has 0 saturated heterocycles. The molecule has 2 atom stereocenters. The van der Waals surface area contributed by atoms with Crippen LogP contribution in [0.1, 0.15) is 31.7 Å². The van der Waals surface area contributed by atoms with Gasteiger partial charge in [0.05, 0.1) is 23.6 Å². The van der Waals surface area contributed by atoms with Crippen LogP contribution in [0.4, 0.5) is 11.4 Å². The summed E-state index contributed by atoms with van der Waals surface area (Å²) in [5.41, 5.74) is 1.11. The number of nitro groups is 1. The third-order valence-corrected chi connectivity index (χ3v) is 4.31. The number of benzene rings is 2. The van der Waals surface area contributed by atoms with Crippen molar-refractivity contribution >= 4 is 17.3 Å². The number of rotatable bonds is 7. The normalized spacial score (nSPS) is 12.9. The number of anilines is 1. The van der Waals surface area contributed by atoms with E-state index in [9.17, 15) is 14.9 Å². The number of ether oxygens (including phenoxy) is 1. The van der Waals surface area contributed by atoms with Gasteiger partial charge in [0, 0.05) is 12.1 Å². The predicted octanol–water partition coefficient (Wildman–Crippen LogP) is 4.37. The van der Waals surface area contributed by atoms with Gasteiger partial charge in [0.2, 0.25) is 5.91 Å². The molecule has 0 aliphatic heterocycles. The molecule has 0 heterocycles. The smallest absolute Gasteiger partial charge is 0.271 e. The Bertz CT molecular complexity index is 746. The van der Waals surface area contributed by atoms with Gasteiger partial charge in [0.25, 0.3) is 5.69 Å². The molecule has 0 aromatic heterocycles. The van der Waals surface area contributed by atoms with Crippen molar-refractivity contribution in [3.8, 4) is 5.75 Å². The van der Waals surface area contributed by atoms with Gasteiger partial charge in [0.1, 0.15) is 5.75 Å². The average Bonchev–Trinajstić information content (AvgIpc) is 2.62. The lowest BCUT2D eigenvalue weighted by Crippen LogP contribution is -2.26. The molecule has 1 N–H and O–H groups in total. The number of nitrogens with one attached hydrogen (secondary N) is 1. The van der Waals surface area contributed by atoms with Crippen LogP contribution in [0.25, 0.3) is 0 Å². The zero-order valence-electron chi connectivity index (χ0n) is 14.6. The lowest BCUT2D eigenvalue weighted by Gasteiger charge is -2.23. The molecule has 2 aromatic carbocycles. The van der Waals surface area contributed by atoms with E-state index in [0.29, 0.717) is 11.4 Å². The van der Waals surface area contributed by atoms with Crippen molar-refractivity contribution in [1.82, 2.24) is 0 Å². The van der Waals surface area contributed by atoms with Crippen LogP contribution in [0.2, 0.25) is 0 Å². The topological polar surface area (TPSA) is 81.5 Å². The number of methoxy groups -OCH3 is 1. The van der Waals surface area contributed by atoms with E-state index >= 15 is 0 Å². The average molecular weight is 342 g/mol. The van der Waals surface area contributed by atoms with Gasteiger partial charge >= 0.3 is 0 Å². The Morgan fingerprint density at radius 3 is 2.48 bits per heavy atom. The van der Waals surface area contributed by atoms with Crippen molar-refractivity contribution in [1.29, 1.82) is 0 Å². The van der Waals surface area contributed by atoms with E-state index in [1.807, 2.05) is 44.2 Å². The Morgan fingerprint density at radius 2 is 1.92 bits per heavy atom. The Hall–Kier alpha value is -2.89. The number of non-ortho nitro benzene ring substituents is 1. The standard InChI is InChI=1S/C19H22N2O4/c1-4-13(2)18(14-8-6-5-7-9-14)19(22)20-16-12-15(21(23)24)10-11-17(16)25-3/h5-13,18H,4H2,1-3H3,(H,20,22)/t13-,18+/m0/s1. The van der Waals surface area contributed by atoms with E-state index in [4.69, 9.17) is 4.74 Å². The molecule has 0 spiro atoms. The van der Waals surface area contributed by atoms with E-state index in [1.165, 1.54) is 25.3 Å². The fraction of sp³-hybridized carbons (Fsp3) is 0.316. The lowest BCUT2D eigenvalue weighted by molar-refractivity contribution is -0.384. The number of carbonyl (C=O) groups is 1. The van der Waals surface area contributed by atoms with Crippen LogP contribution in [-0.2, 0) is 4.79 Å². The zero-order chi connectivity index (χ0) is 18.4. The molecule has 2 aromatic rings. The van der Waals surface area contributed by atoms with Crippen molar-refractivity contribution in [2.24, 2.45) is 5.92 Å². The molecule has 0 saturated carbocycles. The maximum atomic E-state index is 12.9. The van der Waals surface area contributed by atoms with Crippen LogP contribution < -0.4 is 10.1 Å². The molecule has 0 aliphatic carbocycles. The maximum Gasteiger partial charge on any atom is 0.271 e. The van der Waals surface area contributed by atoms with Crippen LogP contribution in [0, 0.1) is 16.0 Å². The molecule has 0 unspecified atom stereocenters. The van der Waals surface area contributed by atoms with E-state index in [1.54, 1.807) is 0 Å². The highest BCUT2D eigenvalue weighted by atomic mass is 16.6. The molecule has 6 heteroatoms. The second kappa shape index (κ2) is 8.28. The third-order valence-electron chi connectivity index (χ3n) is 4.31. The summed E-state index contributed by atoms with van der Waals surface area (Å²) in [5, 5.41) is 13.8. The van der Waals surface area contributed by atoms with Crippen LogP contribution >= 0.6 is 0 Å². The number of nitro benzene ring substituents is 1. The first kappa shape index (κ1) is 18.4. The summed E-state index contributed by atoms with van der Waals surface area (Å²) in [5.74, 6) is -0.0588. The van der Waals surface area contributed by atoms with Gasteiger partial charge in [0.15, 0.2) is 0 Å². The van der Waals surface area contributed by atoms with Gasteiger partial charge in [-0.15, -0.1) is 0 Å². The molecule has 0 bridgehead atoms. The minimum absolute atomic E-state index is 0.101. The summed E-state index contributed by atoms with van der Waals surface area (Å²) >= 11 is 0. The van der Waals surface area contributed by atoms with E-state index in [0.717, 1.165) is 12.0 Å². The van der Waals surface area contributed by atoms with E-state index in [-0.39, 0.29) is 23.4 Å². The third kappa shape index (κ3) is 4.35. The fourth-order valence-electron chi connectivity index (χ4n) is 2.75. The monoisotopic (exact) mass is 342 g/mol. The molecule has 2 rings (SSSR count). The predicted molar refractivity (Wildman–Crippen MR) is 96.9 cm³/mol. The summed E-state index contributed by atoms with van der Waals surface area (Å²) < 4.78 is 5.22. The highest BCUT2D eigenvalue weighted by Gasteiger charge is 2.27. The summed E-state index contributed by atoms with van der Waals surface area (Å²) in [6.45, 7) is 4.05. The van der Waals surface area contributed by atoms with Crippen molar-refractivity contribution in [2.45, 2.75) is 26.2 Å². The summed E-state index contributed by atoms with van der Waals surface area (Å²) in [6, 6.07) is 13.7. The van der Waals surface area contributed by atoms with Gasteiger partial charge < -0.3 is 10.1 Å². The first-order chi connectivity index (χ1) is 12.0. The quantitative estimate of drug-likeness (QED) is 0.598. The number of carbonyl (C=O) groups excluding carboxylic acids is 1. The molecule has 1 amide bonds. The lowest BCUT2D eigenvalue weighted by atomic mass is 9.85. The van der Waals surface area contributed by atoms with Gasteiger partial charge in [-0.05, 0) is 17.5 Å². The van der Waals surface area contributed by atoms with E-state index in [2.05, 4.69) is 5.32 Å². The Balaban J connectivity index is 2.35. The molecule has 0 fully saturated rings. The minimum Gasteiger partial charge on any atom is -0.495 e. The van der Waals surface area contributed by atoms with Gasteiger partial charge in [-0.1, -0.05) is 50.6 Å². The molecule has 0 aliphatic rings. The SMILES string of the molecule is CC[C@H](C)[C@@H](C(=O)Nc1cc([N+](=O)[O-])ccc1OC)c1ccccc1. The second-order valence-electron chi connectivity index (χ2n) is 5.90. The summed E-state index contributed by atoms with van der Waals surface area (Å²) in [6.07, 6.45) is 0.832. The number of hydrogen-bond acceptors (Lipinski definition) is 4. The number of amides is 1. The molecule has 132 valence electrons. The Kier molecular flexibility index (Phi) is 6.11. The molecule has 25 heavy (non-hydrogen) atoms. The molecule has 0 radical (unpaired) electrons. The van der Waals surface area contributed by atoms with Crippen LogP contribution in [0.3, 0.4) is 0 Å². The first-order valence-electron chi connectivity index (χ1n) is 8.16. The van der Waals surface area contributed by atoms with E-state index < -0.39 is 4.92 Å². The molecular weight excluding hydrogens is 320 g/mol. The van der Waals surface area contributed by atoms with Crippen LogP contribution in [-0.4, -0.2) is 17.9 Å². The van der Waals surface area contributed by atoms with Crippen molar-refractivity contribution in [2.75, 3.05) is 12.4 Å². The van der Waals surface area contributed by atoms with Crippen LogP contribution in [0.15, 0.2) is 48.5 Å². The summed E-state index contributed by atoms with van der Waals surface area (Å²) in [4.78, 5) is 23.4. The van der Waals surface area contributed by atoms with Crippen molar-refractivity contribution in [3.63, 3.8) is 0 Å². The fourth-order valence-corrected chi connectivity index (χ4v) is 2.75. The van der Waals surface area contributed by atoms with Gasteiger partial charge in [-0.2, -0.15) is 0 Å². The van der Waals surface area contributed by atoms with Crippen molar-refractivity contribution < 1.29 is 14.5 Å². The van der Waals surface area contributed by atoms with Crippen LogP contribution in [0.5, 0.6) is 5.75 Å². The largest absolute Gasteiger partial charge is 0.495 e. The second-order valence-corrected chi connectivity index (χ2v) is 5.90. The Labute approximate surface area is 147 Å². The van der Waals surface area contributed by atoms with Crippen molar-refractivity contribution in [3.05, 3.63) is 64.2 Å².